The number of allylic oxidation sites excluding steroid dienone is 1. The van der Waals surface area contributed by atoms with E-state index in [1.165, 1.54) is 6.20 Å². The van der Waals surface area contributed by atoms with E-state index in [2.05, 4.69) is 10.3 Å². The van der Waals surface area contributed by atoms with Crippen LogP contribution in [0.4, 0.5) is 11.4 Å². The van der Waals surface area contributed by atoms with E-state index in [0.717, 1.165) is 16.9 Å². The van der Waals surface area contributed by atoms with E-state index < -0.39 is 0 Å². The summed E-state index contributed by atoms with van der Waals surface area (Å²) in [6, 6.07) is 21.1. The molecule has 0 radical (unpaired) electrons. The van der Waals surface area contributed by atoms with Gasteiger partial charge in [-0.15, -0.1) is 0 Å². The molecule has 0 atom stereocenters. The quantitative estimate of drug-likeness (QED) is 0.532. The summed E-state index contributed by atoms with van der Waals surface area (Å²) in [5.74, 6) is 0.564. The highest BCUT2D eigenvalue weighted by atomic mass is 15.1. The van der Waals surface area contributed by atoms with Crippen LogP contribution in [0.1, 0.15) is 5.56 Å². The first-order valence-corrected chi connectivity index (χ1v) is 7.32. The molecule has 0 saturated carbocycles. The number of nitrogens with zero attached hydrogens (tertiary/aromatic N) is 4. The molecule has 24 heavy (non-hydrogen) atoms. The summed E-state index contributed by atoms with van der Waals surface area (Å²) in [5.41, 5.74) is 2.75. The van der Waals surface area contributed by atoms with Crippen molar-refractivity contribution in [3.8, 4) is 12.1 Å². The number of nitrogens with one attached hydrogen (secondary N) is 1. The maximum absolute atomic E-state index is 8.86. The molecule has 0 aliphatic heterocycles. The average Bonchev–Trinajstić information content (AvgIpc) is 2.62. The van der Waals surface area contributed by atoms with Gasteiger partial charge < -0.3 is 10.2 Å². The highest BCUT2D eigenvalue weighted by molar-refractivity contribution is 6.08. The molecule has 5 nitrogen and oxygen atoms in total. The maximum atomic E-state index is 8.86. The van der Waals surface area contributed by atoms with Crippen molar-refractivity contribution in [2.45, 2.75) is 0 Å². The monoisotopic (exact) mass is 315 g/mol. The molecule has 118 valence electrons. The SMILES string of the molecule is CN(C)c1ccc(C(=NC=C(C#N)C#N)Nc2ccccc2)cc1. The lowest BCUT2D eigenvalue weighted by atomic mass is 10.1. The van der Waals surface area contributed by atoms with E-state index in [9.17, 15) is 0 Å². The largest absolute Gasteiger partial charge is 0.378 e. The Bertz CT molecular complexity index is 803. The van der Waals surface area contributed by atoms with Gasteiger partial charge in [0.25, 0.3) is 0 Å². The van der Waals surface area contributed by atoms with E-state index >= 15 is 0 Å². The van der Waals surface area contributed by atoms with Gasteiger partial charge in [0.2, 0.25) is 0 Å². The fraction of sp³-hybridized carbons (Fsp3) is 0.105. The molecule has 0 bridgehead atoms. The summed E-state index contributed by atoms with van der Waals surface area (Å²) >= 11 is 0. The lowest BCUT2D eigenvalue weighted by Gasteiger charge is -2.14. The van der Waals surface area contributed by atoms with Gasteiger partial charge in [-0.05, 0) is 36.4 Å². The van der Waals surface area contributed by atoms with E-state index in [1.54, 1.807) is 12.1 Å². The molecule has 0 amide bonds. The van der Waals surface area contributed by atoms with Gasteiger partial charge in [-0.25, -0.2) is 4.99 Å². The third-order valence-electron chi connectivity index (χ3n) is 3.26. The summed E-state index contributed by atoms with van der Waals surface area (Å²) < 4.78 is 0. The molecule has 0 unspecified atom stereocenters. The Labute approximate surface area is 141 Å². The van der Waals surface area contributed by atoms with Crippen LogP contribution in [-0.2, 0) is 0 Å². The highest BCUT2D eigenvalue weighted by Gasteiger charge is 2.05. The Kier molecular flexibility index (Phi) is 5.71. The molecular weight excluding hydrogens is 298 g/mol. The van der Waals surface area contributed by atoms with E-state index in [0.29, 0.717) is 5.84 Å². The molecule has 0 aliphatic carbocycles. The van der Waals surface area contributed by atoms with Crippen LogP contribution in [0.15, 0.2) is 71.4 Å². The Morgan fingerprint density at radius 1 is 1.00 bits per heavy atom. The van der Waals surface area contributed by atoms with Crippen molar-refractivity contribution in [3.05, 3.63) is 71.9 Å². The topological polar surface area (TPSA) is 75.2 Å². The summed E-state index contributed by atoms with van der Waals surface area (Å²) in [6.45, 7) is 0. The summed E-state index contributed by atoms with van der Waals surface area (Å²) in [6.07, 6.45) is 1.27. The number of benzene rings is 2. The van der Waals surface area contributed by atoms with Gasteiger partial charge in [-0.1, -0.05) is 18.2 Å². The van der Waals surface area contributed by atoms with Gasteiger partial charge in [0, 0.05) is 31.0 Å². The minimum Gasteiger partial charge on any atom is -0.378 e. The van der Waals surface area contributed by atoms with Crippen LogP contribution >= 0.6 is 0 Å². The molecule has 0 aliphatic rings. The first-order chi connectivity index (χ1) is 11.6. The highest BCUT2D eigenvalue weighted by Crippen LogP contribution is 2.15. The maximum Gasteiger partial charge on any atom is 0.147 e. The smallest absolute Gasteiger partial charge is 0.147 e. The molecular formula is C19H17N5. The predicted octanol–water partition coefficient (Wildman–Crippen LogP) is 3.54. The van der Waals surface area contributed by atoms with Crippen molar-refractivity contribution < 1.29 is 0 Å². The van der Waals surface area contributed by atoms with E-state index in [1.807, 2.05) is 73.6 Å². The Morgan fingerprint density at radius 3 is 2.17 bits per heavy atom. The number of hydrogen-bond acceptors (Lipinski definition) is 4. The summed E-state index contributed by atoms with van der Waals surface area (Å²) in [7, 11) is 3.95. The first-order valence-electron chi connectivity index (χ1n) is 7.32. The van der Waals surface area contributed by atoms with E-state index in [-0.39, 0.29) is 5.57 Å². The molecule has 0 spiro atoms. The van der Waals surface area contributed by atoms with E-state index in [4.69, 9.17) is 10.5 Å². The lowest BCUT2D eigenvalue weighted by Crippen LogP contribution is -2.14. The Hall–Kier alpha value is -3.57. The van der Waals surface area contributed by atoms with Gasteiger partial charge in [-0.2, -0.15) is 10.5 Å². The summed E-state index contributed by atoms with van der Waals surface area (Å²) in [4.78, 5) is 6.30. The van der Waals surface area contributed by atoms with Crippen LogP contribution in [0, 0.1) is 22.7 Å². The molecule has 0 heterocycles. The van der Waals surface area contributed by atoms with Crippen LogP contribution < -0.4 is 10.2 Å². The fourth-order valence-electron chi connectivity index (χ4n) is 1.97. The summed E-state index contributed by atoms with van der Waals surface area (Å²) in [5, 5.41) is 20.9. The number of para-hydroxylation sites is 1. The first kappa shape index (κ1) is 16.8. The van der Waals surface area contributed by atoms with Crippen LogP contribution in [0.3, 0.4) is 0 Å². The van der Waals surface area contributed by atoms with Gasteiger partial charge >= 0.3 is 0 Å². The molecule has 0 saturated heterocycles. The van der Waals surface area contributed by atoms with Crippen LogP contribution in [-0.4, -0.2) is 19.9 Å². The van der Waals surface area contributed by atoms with Crippen molar-refractivity contribution in [1.29, 1.82) is 10.5 Å². The minimum atomic E-state index is -0.0488. The normalized spacial score (nSPS) is 10.2. The molecule has 2 aromatic rings. The molecule has 2 rings (SSSR count). The van der Waals surface area contributed by atoms with Crippen LogP contribution in [0.5, 0.6) is 0 Å². The second-order valence-electron chi connectivity index (χ2n) is 5.18. The Balaban J connectivity index is 2.39. The standard InChI is InChI=1S/C19H17N5/c1-24(2)18-10-8-16(9-11-18)19(22-14-15(12-20)13-21)23-17-6-4-3-5-7-17/h3-11,14H,1-2H3,(H,22,23). The number of rotatable bonds is 4. The predicted molar refractivity (Wildman–Crippen MR) is 96.7 cm³/mol. The number of amidine groups is 1. The van der Waals surface area contributed by atoms with Gasteiger partial charge in [0.05, 0.1) is 6.20 Å². The zero-order chi connectivity index (χ0) is 17.4. The van der Waals surface area contributed by atoms with Gasteiger partial charge in [-0.3, -0.25) is 0 Å². The molecule has 0 aromatic heterocycles. The molecule has 5 heteroatoms. The second kappa shape index (κ2) is 8.17. The van der Waals surface area contributed by atoms with Crippen molar-refractivity contribution in [3.63, 3.8) is 0 Å². The van der Waals surface area contributed by atoms with Crippen molar-refractivity contribution in [2.75, 3.05) is 24.3 Å². The average molecular weight is 315 g/mol. The lowest BCUT2D eigenvalue weighted by molar-refractivity contribution is 1.13. The van der Waals surface area contributed by atoms with Gasteiger partial charge in [0.15, 0.2) is 0 Å². The third kappa shape index (κ3) is 4.46. The Morgan fingerprint density at radius 2 is 1.62 bits per heavy atom. The van der Waals surface area contributed by atoms with Crippen LogP contribution in [0.25, 0.3) is 0 Å². The molecule has 1 N–H and O–H groups in total. The third-order valence-corrected chi connectivity index (χ3v) is 3.26. The van der Waals surface area contributed by atoms with Crippen molar-refractivity contribution in [2.24, 2.45) is 4.99 Å². The minimum absolute atomic E-state index is 0.0488. The molecule has 2 aromatic carbocycles. The zero-order valence-electron chi connectivity index (χ0n) is 13.6. The second-order valence-corrected chi connectivity index (χ2v) is 5.18. The zero-order valence-corrected chi connectivity index (χ0v) is 13.6. The number of nitriles is 2. The fourth-order valence-corrected chi connectivity index (χ4v) is 1.97. The number of hydrogen-bond donors (Lipinski definition) is 1. The van der Waals surface area contributed by atoms with Crippen LogP contribution in [0.2, 0.25) is 0 Å². The molecule has 0 fully saturated rings. The van der Waals surface area contributed by atoms with Crippen molar-refractivity contribution in [1.82, 2.24) is 0 Å². The number of aliphatic imine (C=N–C) groups is 1. The van der Waals surface area contributed by atoms with Crippen molar-refractivity contribution >= 4 is 17.2 Å². The van der Waals surface area contributed by atoms with Gasteiger partial charge in [0.1, 0.15) is 23.5 Å². The number of anilines is 2.